The van der Waals surface area contributed by atoms with Gasteiger partial charge >= 0.3 is 0 Å². The minimum atomic E-state index is -3.28. The van der Waals surface area contributed by atoms with Crippen molar-refractivity contribution in [3.05, 3.63) is 29.8 Å². The zero-order valence-corrected chi connectivity index (χ0v) is 13.9. The summed E-state index contributed by atoms with van der Waals surface area (Å²) in [6.07, 6.45) is 2.34. The predicted molar refractivity (Wildman–Crippen MR) is 89.2 cm³/mol. The maximum absolute atomic E-state index is 12.4. The van der Waals surface area contributed by atoms with Crippen LogP contribution in [0.25, 0.3) is 0 Å². The van der Waals surface area contributed by atoms with Crippen molar-refractivity contribution >= 4 is 27.0 Å². The third kappa shape index (κ3) is 4.25. The Balaban J connectivity index is 2.02. The Bertz CT molecular complexity index is 614. The van der Waals surface area contributed by atoms with Gasteiger partial charge < -0.3 is 10.6 Å². The van der Waals surface area contributed by atoms with Crippen molar-refractivity contribution < 1.29 is 8.42 Å². The SMILES string of the molecule is CCC1CCN(CCS(=O)(=O)c2cccc(C(N)=S)c2)C1. The molecule has 0 bridgehead atoms. The second-order valence-electron chi connectivity index (χ2n) is 5.57. The van der Waals surface area contributed by atoms with E-state index < -0.39 is 9.84 Å². The fourth-order valence-electron chi connectivity index (χ4n) is 2.66. The average Bonchev–Trinajstić information content (AvgIpc) is 2.93. The van der Waals surface area contributed by atoms with Gasteiger partial charge in [0.2, 0.25) is 0 Å². The van der Waals surface area contributed by atoms with Crippen molar-refractivity contribution in [1.29, 1.82) is 0 Å². The molecule has 1 aliphatic heterocycles. The lowest BCUT2D eigenvalue weighted by Crippen LogP contribution is -2.27. The molecule has 2 N–H and O–H groups in total. The lowest BCUT2D eigenvalue weighted by Gasteiger charge is -2.15. The van der Waals surface area contributed by atoms with Gasteiger partial charge in [-0.1, -0.05) is 37.7 Å². The molecule has 1 atom stereocenters. The quantitative estimate of drug-likeness (QED) is 0.808. The molecule has 0 aromatic heterocycles. The van der Waals surface area contributed by atoms with Gasteiger partial charge in [0.25, 0.3) is 0 Å². The maximum atomic E-state index is 12.4. The van der Waals surface area contributed by atoms with Gasteiger partial charge in [0, 0.05) is 18.7 Å². The third-order valence-electron chi connectivity index (χ3n) is 4.10. The molecule has 4 nitrogen and oxygen atoms in total. The van der Waals surface area contributed by atoms with E-state index in [9.17, 15) is 8.42 Å². The minimum absolute atomic E-state index is 0.143. The Labute approximate surface area is 132 Å². The van der Waals surface area contributed by atoms with Crippen LogP contribution in [0.2, 0.25) is 0 Å². The van der Waals surface area contributed by atoms with Gasteiger partial charge in [-0.15, -0.1) is 0 Å². The molecular weight excluding hydrogens is 304 g/mol. The number of benzene rings is 1. The summed E-state index contributed by atoms with van der Waals surface area (Å²) in [5.74, 6) is 0.857. The number of rotatable bonds is 6. The number of hydrogen-bond donors (Lipinski definition) is 1. The van der Waals surface area contributed by atoms with Crippen LogP contribution in [0.3, 0.4) is 0 Å². The van der Waals surface area contributed by atoms with Crippen molar-refractivity contribution in [2.24, 2.45) is 11.7 Å². The Morgan fingerprint density at radius 1 is 1.48 bits per heavy atom. The fourth-order valence-corrected chi connectivity index (χ4v) is 4.11. The lowest BCUT2D eigenvalue weighted by atomic mass is 10.1. The minimum Gasteiger partial charge on any atom is -0.389 e. The molecule has 0 aliphatic carbocycles. The average molecular weight is 326 g/mol. The van der Waals surface area contributed by atoms with Crippen LogP contribution in [0.1, 0.15) is 25.3 Å². The molecule has 1 aromatic carbocycles. The summed E-state index contributed by atoms with van der Waals surface area (Å²) < 4.78 is 24.8. The Hall–Kier alpha value is -0.980. The zero-order valence-electron chi connectivity index (χ0n) is 12.3. The lowest BCUT2D eigenvalue weighted by molar-refractivity contribution is 0.341. The normalized spacial score (nSPS) is 19.8. The first kappa shape index (κ1) is 16.4. The Morgan fingerprint density at radius 2 is 2.24 bits per heavy atom. The standard InChI is InChI=1S/C15H22N2O2S2/c1-2-12-6-7-17(11-12)8-9-21(18,19)14-5-3-4-13(10-14)15(16)20/h3-5,10,12H,2,6-9,11H2,1H3,(H2,16,20). The molecule has 116 valence electrons. The largest absolute Gasteiger partial charge is 0.389 e. The van der Waals surface area contributed by atoms with Gasteiger partial charge in [-0.2, -0.15) is 0 Å². The second-order valence-corrected chi connectivity index (χ2v) is 8.12. The van der Waals surface area contributed by atoms with Crippen LogP contribution >= 0.6 is 12.2 Å². The molecule has 21 heavy (non-hydrogen) atoms. The van der Waals surface area contributed by atoms with Crippen LogP contribution in [0.4, 0.5) is 0 Å². The van der Waals surface area contributed by atoms with E-state index in [0.29, 0.717) is 22.9 Å². The van der Waals surface area contributed by atoms with Crippen molar-refractivity contribution in [3.63, 3.8) is 0 Å². The highest BCUT2D eigenvalue weighted by Crippen LogP contribution is 2.20. The van der Waals surface area contributed by atoms with E-state index in [1.54, 1.807) is 24.3 Å². The van der Waals surface area contributed by atoms with Gasteiger partial charge in [0.1, 0.15) is 4.99 Å². The molecule has 0 radical (unpaired) electrons. The van der Waals surface area contributed by atoms with Crippen molar-refractivity contribution in [2.45, 2.75) is 24.7 Å². The van der Waals surface area contributed by atoms with Crippen molar-refractivity contribution in [1.82, 2.24) is 4.90 Å². The monoisotopic (exact) mass is 326 g/mol. The summed E-state index contributed by atoms with van der Waals surface area (Å²) >= 11 is 4.90. The number of thiocarbonyl (C=S) groups is 1. The van der Waals surface area contributed by atoms with Crippen LogP contribution in [0.15, 0.2) is 29.2 Å². The molecular formula is C15H22N2O2S2. The highest BCUT2D eigenvalue weighted by molar-refractivity contribution is 7.91. The van der Waals surface area contributed by atoms with E-state index in [1.165, 1.54) is 12.8 Å². The van der Waals surface area contributed by atoms with Crippen LogP contribution in [-0.4, -0.2) is 43.7 Å². The van der Waals surface area contributed by atoms with Gasteiger partial charge in [0.05, 0.1) is 10.6 Å². The molecule has 1 aliphatic rings. The summed E-state index contributed by atoms with van der Waals surface area (Å²) in [4.78, 5) is 2.76. The van der Waals surface area contributed by atoms with Crippen LogP contribution in [0, 0.1) is 5.92 Å². The smallest absolute Gasteiger partial charge is 0.179 e. The maximum Gasteiger partial charge on any atom is 0.179 e. The van der Waals surface area contributed by atoms with E-state index >= 15 is 0 Å². The van der Waals surface area contributed by atoms with Gasteiger partial charge in [-0.3, -0.25) is 0 Å². The third-order valence-corrected chi connectivity index (χ3v) is 6.03. The second kappa shape index (κ2) is 6.85. The summed E-state index contributed by atoms with van der Waals surface area (Å²) in [5.41, 5.74) is 6.15. The first-order valence-electron chi connectivity index (χ1n) is 7.27. The molecule has 0 saturated carbocycles. The van der Waals surface area contributed by atoms with Crippen molar-refractivity contribution in [2.75, 3.05) is 25.4 Å². The molecule has 0 spiro atoms. The summed E-state index contributed by atoms with van der Waals surface area (Å²) in [5, 5.41) is 0. The number of sulfone groups is 1. The van der Waals surface area contributed by atoms with Gasteiger partial charge in [-0.05, 0) is 31.0 Å². The summed E-state index contributed by atoms with van der Waals surface area (Å²) in [7, 11) is -3.28. The van der Waals surface area contributed by atoms with Crippen LogP contribution in [0.5, 0.6) is 0 Å². The number of nitrogens with two attached hydrogens (primary N) is 1. The number of hydrogen-bond acceptors (Lipinski definition) is 4. The fraction of sp³-hybridized carbons (Fsp3) is 0.533. The van der Waals surface area contributed by atoms with E-state index in [4.69, 9.17) is 18.0 Å². The molecule has 2 rings (SSSR count). The van der Waals surface area contributed by atoms with E-state index in [2.05, 4.69) is 11.8 Å². The highest BCUT2D eigenvalue weighted by atomic mass is 32.2. The van der Waals surface area contributed by atoms with E-state index in [0.717, 1.165) is 13.1 Å². The Kier molecular flexibility index (Phi) is 5.35. The number of nitrogens with zero attached hydrogens (tertiary/aromatic N) is 1. The molecule has 1 fully saturated rings. The number of likely N-dealkylation sites (tertiary alicyclic amines) is 1. The highest BCUT2D eigenvalue weighted by Gasteiger charge is 2.23. The summed E-state index contributed by atoms with van der Waals surface area (Å²) in [6, 6.07) is 6.59. The van der Waals surface area contributed by atoms with Gasteiger partial charge in [0.15, 0.2) is 9.84 Å². The first-order valence-corrected chi connectivity index (χ1v) is 9.33. The van der Waals surface area contributed by atoms with Crippen LogP contribution < -0.4 is 5.73 Å². The summed E-state index contributed by atoms with van der Waals surface area (Å²) in [6.45, 7) is 4.79. The van der Waals surface area contributed by atoms with Crippen molar-refractivity contribution in [3.8, 4) is 0 Å². The van der Waals surface area contributed by atoms with E-state index in [1.807, 2.05) is 0 Å². The van der Waals surface area contributed by atoms with Gasteiger partial charge in [-0.25, -0.2) is 8.42 Å². The topological polar surface area (TPSA) is 63.4 Å². The molecule has 1 unspecified atom stereocenters. The molecule has 1 aromatic rings. The van der Waals surface area contributed by atoms with Crippen LogP contribution in [-0.2, 0) is 9.84 Å². The van der Waals surface area contributed by atoms with E-state index in [-0.39, 0.29) is 10.7 Å². The molecule has 1 heterocycles. The Morgan fingerprint density at radius 3 is 2.86 bits per heavy atom. The molecule has 1 saturated heterocycles. The molecule has 0 amide bonds. The zero-order chi connectivity index (χ0) is 15.5. The molecule has 6 heteroatoms. The predicted octanol–water partition coefficient (Wildman–Crippen LogP) is 1.83. The first-order chi connectivity index (χ1) is 9.92.